The van der Waals surface area contributed by atoms with Crippen LogP contribution in [0.3, 0.4) is 0 Å². The summed E-state index contributed by atoms with van der Waals surface area (Å²) in [5.41, 5.74) is 0. The zero-order valence-electron chi connectivity index (χ0n) is 11.4. The Bertz CT molecular complexity index is 365. The number of esters is 3. The number of hydrogen-bond donors (Lipinski definition) is 0. The predicted octanol–water partition coefficient (Wildman–Crippen LogP) is 0.548. The van der Waals surface area contributed by atoms with Crippen LogP contribution < -0.4 is 0 Å². The second-order valence-corrected chi connectivity index (χ2v) is 4.21. The van der Waals surface area contributed by atoms with Gasteiger partial charge in [-0.2, -0.15) is 0 Å². The fourth-order valence-corrected chi connectivity index (χ4v) is 1.93. The molecule has 0 bridgehead atoms. The van der Waals surface area contributed by atoms with Gasteiger partial charge in [0.05, 0.1) is 0 Å². The Morgan fingerprint density at radius 2 is 1.37 bits per heavy atom. The molecule has 4 atom stereocenters. The van der Waals surface area contributed by atoms with Crippen LogP contribution in [-0.2, 0) is 33.3 Å². The first-order valence-corrected chi connectivity index (χ1v) is 6.02. The molecular weight excluding hydrogens is 256 g/mol. The van der Waals surface area contributed by atoms with E-state index in [0.717, 1.165) is 0 Å². The van der Waals surface area contributed by atoms with E-state index in [1.807, 2.05) is 6.92 Å². The van der Waals surface area contributed by atoms with Gasteiger partial charge in [0.2, 0.25) is 12.4 Å². The Morgan fingerprint density at radius 3 is 1.79 bits per heavy atom. The second-order valence-electron chi connectivity index (χ2n) is 4.21. The van der Waals surface area contributed by atoms with Crippen LogP contribution in [0, 0.1) is 0 Å². The van der Waals surface area contributed by atoms with E-state index in [0.29, 0.717) is 6.42 Å². The van der Waals surface area contributed by atoms with Crippen LogP contribution in [0.25, 0.3) is 0 Å². The molecule has 2 unspecified atom stereocenters. The third-order valence-electron chi connectivity index (χ3n) is 2.56. The molecule has 1 aliphatic rings. The predicted molar refractivity (Wildman–Crippen MR) is 61.8 cm³/mol. The molecule has 1 fully saturated rings. The highest BCUT2D eigenvalue weighted by atomic mass is 16.7. The summed E-state index contributed by atoms with van der Waals surface area (Å²) in [5.74, 6) is -1.66. The third kappa shape index (κ3) is 4.20. The van der Waals surface area contributed by atoms with Crippen molar-refractivity contribution in [2.75, 3.05) is 0 Å². The van der Waals surface area contributed by atoms with E-state index in [2.05, 4.69) is 0 Å². The minimum Gasteiger partial charge on any atom is -0.456 e. The molecule has 7 heteroatoms. The largest absolute Gasteiger partial charge is 0.456 e. The summed E-state index contributed by atoms with van der Waals surface area (Å²) in [5, 5.41) is 0. The van der Waals surface area contributed by atoms with Crippen molar-refractivity contribution in [3.8, 4) is 0 Å². The zero-order chi connectivity index (χ0) is 14.6. The highest BCUT2D eigenvalue weighted by molar-refractivity contribution is 5.68. The van der Waals surface area contributed by atoms with Gasteiger partial charge in [-0.05, 0) is 6.42 Å². The highest BCUT2D eigenvalue weighted by Crippen LogP contribution is 2.29. The third-order valence-corrected chi connectivity index (χ3v) is 2.56. The molecule has 1 rings (SSSR count). The topological polar surface area (TPSA) is 88.1 Å². The van der Waals surface area contributed by atoms with Crippen molar-refractivity contribution in [1.29, 1.82) is 0 Å². The summed E-state index contributed by atoms with van der Waals surface area (Å²) >= 11 is 0. The smallest absolute Gasteiger partial charge is 0.305 e. The molecule has 19 heavy (non-hydrogen) atoms. The lowest BCUT2D eigenvalue weighted by Crippen LogP contribution is -2.40. The van der Waals surface area contributed by atoms with Gasteiger partial charge in [0.25, 0.3) is 0 Å². The fourth-order valence-electron chi connectivity index (χ4n) is 1.93. The lowest BCUT2D eigenvalue weighted by Gasteiger charge is -2.22. The van der Waals surface area contributed by atoms with Gasteiger partial charge in [-0.25, -0.2) is 0 Å². The summed E-state index contributed by atoms with van der Waals surface area (Å²) in [4.78, 5) is 33.2. The van der Waals surface area contributed by atoms with Gasteiger partial charge < -0.3 is 18.9 Å². The molecular formula is C12H18O7. The van der Waals surface area contributed by atoms with E-state index in [-0.39, 0.29) is 0 Å². The molecule has 1 saturated heterocycles. The second kappa shape index (κ2) is 6.51. The van der Waals surface area contributed by atoms with Crippen LogP contribution >= 0.6 is 0 Å². The maximum absolute atomic E-state index is 11.1. The average Bonchev–Trinajstić information content (AvgIpc) is 2.55. The maximum Gasteiger partial charge on any atom is 0.305 e. The number of carbonyl (C=O) groups is 3. The molecule has 0 aromatic rings. The summed E-state index contributed by atoms with van der Waals surface area (Å²) in [7, 11) is 0. The van der Waals surface area contributed by atoms with Gasteiger partial charge in [0, 0.05) is 20.8 Å². The molecule has 0 radical (unpaired) electrons. The molecule has 1 aliphatic heterocycles. The van der Waals surface area contributed by atoms with Crippen LogP contribution in [0.2, 0.25) is 0 Å². The quantitative estimate of drug-likeness (QED) is 0.546. The van der Waals surface area contributed by atoms with Crippen LogP contribution in [0.5, 0.6) is 0 Å². The van der Waals surface area contributed by atoms with Crippen LogP contribution in [-0.4, -0.2) is 42.5 Å². The van der Waals surface area contributed by atoms with E-state index >= 15 is 0 Å². The number of carbonyl (C=O) groups excluding carboxylic acids is 3. The molecule has 7 nitrogen and oxygen atoms in total. The first-order valence-electron chi connectivity index (χ1n) is 6.02. The molecule has 108 valence electrons. The fraction of sp³-hybridized carbons (Fsp3) is 0.750. The molecule has 0 N–H and O–H groups in total. The standard InChI is InChI=1S/C12H18O7/c1-5-9-10(16-6(2)13)11(17-7(3)14)12(19-9)18-8(4)15/h9-12H,5H2,1-4H3/t9-,10-,11?,12?/m1/s1. The Balaban J connectivity index is 2.90. The van der Waals surface area contributed by atoms with E-state index in [4.69, 9.17) is 18.9 Å². The summed E-state index contributed by atoms with van der Waals surface area (Å²) in [6.45, 7) is 5.50. The molecule has 0 aromatic carbocycles. The van der Waals surface area contributed by atoms with E-state index in [9.17, 15) is 14.4 Å². The minimum absolute atomic E-state index is 0.488. The average molecular weight is 274 g/mol. The van der Waals surface area contributed by atoms with Crippen molar-refractivity contribution < 1.29 is 33.3 Å². The van der Waals surface area contributed by atoms with Crippen molar-refractivity contribution in [2.24, 2.45) is 0 Å². The van der Waals surface area contributed by atoms with Crippen molar-refractivity contribution in [2.45, 2.75) is 58.7 Å². The number of ether oxygens (including phenoxy) is 4. The Labute approximate surface area is 111 Å². The molecule has 0 saturated carbocycles. The molecule has 1 heterocycles. The van der Waals surface area contributed by atoms with E-state index in [1.54, 1.807) is 0 Å². The SMILES string of the molecule is CC[C@H]1OC(OC(C)=O)C(OC(C)=O)[C@@H]1OC(C)=O. The summed E-state index contributed by atoms with van der Waals surface area (Å²) in [6, 6.07) is 0. The maximum atomic E-state index is 11.1. The minimum atomic E-state index is -1.06. The van der Waals surface area contributed by atoms with E-state index < -0.39 is 42.5 Å². The normalized spacial score (nSPS) is 29.7. The van der Waals surface area contributed by atoms with E-state index in [1.165, 1.54) is 20.8 Å². The Kier molecular flexibility index (Phi) is 5.29. The van der Waals surface area contributed by atoms with Crippen molar-refractivity contribution in [3.05, 3.63) is 0 Å². The lowest BCUT2D eigenvalue weighted by atomic mass is 10.1. The zero-order valence-corrected chi connectivity index (χ0v) is 11.4. The first kappa shape index (κ1) is 15.4. The van der Waals surface area contributed by atoms with Gasteiger partial charge in [0.15, 0.2) is 6.10 Å². The highest BCUT2D eigenvalue weighted by Gasteiger charge is 2.50. The monoisotopic (exact) mass is 274 g/mol. The molecule has 0 amide bonds. The van der Waals surface area contributed by atoms with Crippen LogP contribution in [0.4, 0.5) is 0 Å². The molecule has 0 spiro atoms. The first-order chi connectivity index (χ1) is 8.85. The van der Waals surface area contributed by atoms with Crippen molar-refractivity contribution >= 4 is 17.9 Å². The van der Waals surface area contributed by atoms with Gasteiger partial charge >= 0.3 is 17.9 Å². The Hall–Kier alpha value is -1.63. The molecule has 0 aromatic heterocycles. The van der Waals surface area contributed by atoms with Gasteiger partial charge in [-0.1, -0.05) is 6.92 Å². The Morgan fingerprint density at radius 1 is 0.895 bits per heavy atom. The molecule has 0 aliphatic carbocycles. The number of rotatable bonds is 4. The van der Waals surface area contributed by atoms with Crippen LogP contribution in [0.1, 0.15) is 34.1 Å². The number of hydrogen-bond acceptors (Lipinski definition) is 7. The van der Waals surface area contributed by atoms with Gasteiger partial charge in [-0.3, -0.25) is 14.4 Å². The van der Waals surface area contributed by atoms with Crippen molar-refractivity contribution in [1.82, 2.24) is 0 Å². The van der Waals surface area contributed by atoms with Crippen LogP contribution in [0.15, 0.2) is 0 Å². The summed E-state index contributed by atoms with van der Waals surface area (Å²) < 4.78 is 20.5. The lowest BCUT2D eigenvalue weighted by molar-refractivity contribution is -0.195. The van der Waals surface area contributed by atoms with Crippen molar-refractivity contribution in [3.63, 3.8) is 0 Å². The van der Waals surface area contributed by atoms with Gasteiger partial charge in [-0.15, -0.1) is 0 Å². The summed E-state index contributed by atoms with van der Waals surface area (Å²) in [6.07, 6.45) is -2.76. The van der Waals surface area contributed by atoms with Gasteiger partial charge in [0.1, 0.15) is 6.10 Å².